The number of ketones is 1. The van der Waals surface area contributed by atoms with Gasteiger partial charge in [-0.15, -0.1) is 0 Å². The number of carbonyl (C=O) groups excluding carboxylic acids is 1. The Bertz CT molecular complexity index is 822. The summed E-state index contributed by atoms with van der Waals surface area (Å²) in [6.07, 6.45) is 21.6. The van der Waals surface area contributed by atoms with Crippen molar-refractivity contribution in [3.63, 3.8) is 0 Å². The Kier molecular flexibility index (Phi) is 8.21. The van der Waals surface area contributed by atoms with Gasteiger partial charge in [0.1, 0.15) is 5.82 Å². The number of allylic oxidation sites excluding steroid dienone is 3. The molecule has 10 radical (unpaired) electrons. The Morgan fingerprint density at radius 1 is 0.903 bits per heavy atom. The zero-order valence-electron chi connectivity index (χ0n) is 17.7. The van der Waals surface area contributed by atoms with Crippen LogP contribution in [0, 0.1) is 80.9 Å². The maximum absolute atomic E-state index is 13.3. The van der Waals surface area contributed by atoms with E-state index in [0.29, 0.717) is 6.42 Å². The quantitative estimate of drug-likeness (QED) is 0.601. The smallest absolute Gasteiger partial charge is 0.358 e. The first-order valence-corrected chi connectivity index (χ1v) is 10.3. The number of halogens is 1. The first kappa shape index (κ1) is 24.3. The van der Waals surface area contributed by atoms with Crippen LogP contribution in [0.1, 0.15) is 32.3 Å². The van der Waals surface area contributed by atoms with E-state index in [1.807, 2.05) is 44.9 Å². The largest absolute Gasteiger partial charge is 2.00 e. The third kappa shape index (κ3) is 5.90. The Hall–Kier alpha value is -1.38. The average molecular weight is 455 g/mol. The Morgan fingerprint density at radius 3 is 2.06 bits per heavy atom. The SMILES string of the molecule is CC1(C)CC(=O)C2=C(C1)NC(c1ccc(F)cc1)=CC2[C]1[CH][CH][CH][CH]1.[CH]1[CH][CH][CH][CH]1.[Fe+2]. The van der Waals surface area contributed by atoms with Crippen LogP contribution < -0.4 is 5.32 Å². The van der Waals surface area contributed by atoms with Crippen LogP contribution in [-0.2, 0) is 21.9 Å². The predicted octanol–water partition coefficient (Wildman–Crippen LogP) is 5.45. The number of benzene rings is 1. The van der Waals surface area contributed by atoms with Gasteiger partial charge in [-0.1, -0.05) is 32.1 Å². The molecule has 4 heteroatoms. The molecule has 1 aromatic carbocycles. The zero-order valence-corrected chi connectivity index (χ0v) is 18.8. The molecule has 1 unspecified atom stereocenters. The molecule has 1 atom stereocenters. The van der Waals surface area contributed by atoms with Gasteiger partial charge in [-0.25, -0.2) is 4.39 Å². The summed E-state index contributed by atoms with van der Waals surface area (Å²) in [6.45, 7) is 4.26. The molecule has 1 aliphatic heterocycles. The predicted molar refractivity (Wildman–Crippen MR) is 118 cm³/mol. The summed E-state index contributed by atoms with van der Waals surface area (Å²) in [4.78, 5) is 12.9. The second-order valence-electron chi connectivity index (χ2n) is 8.70. The number of Topliss-reactive ketones (excluding diaryl/α,β-unsaturated/α-hetero) is 1. The molecule has 0 saturated heterocycles. The maximum Gasteiger partial charge on any atom is 2.00 e. The zero-order chi connectivity index (χ0) is 21.1. The summed E-state index contributed by atoms with van der Waals surface area (Å²) in [6, 6.07) is 6.49. The van der Waals surface area contributed by atoms with Crippen molar-refractivity contribution in [3.8, 4) is 0 Å². The van der Waals surface area contributed by atoms with Gasteiger partial charge in [0.15, 0.2) is 5.78 Å². The topological polar surface area (TPSA) is 29.1 Å². The fraction of sp³-hybridized carbons (Fsp3) is 0.222. The van der Waals surface area contributed by atoms with E-state index in [2.05, 4.69) is 38.1 Å². The van der Waals surface area contributed by atoms with Crippen molar-refractivity contribution < 1.29 is 26.3 Å². The number of hydrogen-bond donors (Lipinski definition) is 1. The number of nitrogens with one attached hydrogen (secondary N) is 1. The molecule has 0 aromatic heterocycles. The molecule has 2 fully saturated rings. The number of rotatable bonds is 2. The molecule has 5 rings (SSSR count). The Morgan fingerprint density at radius 2 is 1.48 bits per heavy atom. The molecule has 0 spiro atoms. The van der Waals surface area contributed by atoms with Crippen LogP contribution in [0.2, 0.25) is 0 Å². The van der Waals surface area contributed by atoms with Crippen molar-refractivity contribution in [2.75, 3.05) is 0 Å². The third-order valence-corrected chi connectivity index (χ3v) is 5.61. The van der Waals surface area contributed by atoms with Crippen LogP contribution in [0.25, 0.3) is 5.70 Å². The van der Waals surface area contributed by atoms with E-state index in [4.69, 9.17) is 0 Å². The molecular formula is C27H26FFeNO+2. The van der Waals surface area contributed by atoms with Gasteiger partial charge >= 0.3 is 17.1 Å². The number of carbonyl (C=O) groups is 1. The van der Waals surface area contributed by atoms with Crippen molar-refractivity contribution >= 4 is 11.5 Å². The van der Waals surface area contributed by atoms with Crippen molar-refractivity contribution in [2.45, 2.75) is 26.7 Å². The minimum Gasteiger partial charge on any atom is -0.358 e. The van der Waals surface area contributed by atoms with Gasteiger partial charge < -0.3 is 5.32 Å². The fourth-order valence-electron chi connectivity index (χ4n) is 4.24. The molecule has 2 saturated carbocycles. The van der Waals surface area contributed by atoms with Crippen LogP contribution >= 0.6 is 0 Å². The first-order chi connectivity index (χ1) is 14.4. The molecule has 4 aliphatic rings. The van der Waals surface area contributed by atoms with Gasteiger partial charge in [0.25, 0.3) is 0 Å². The van der Waals surface area contributed by atoms with Gasteiger partial charge in [0.2, 0.25) is 0 Å². The second-order valence-corrected chi connectivity index (χ2v) is 8.70. The van der Waals surface area contributed by atoms with Crippen LogP contribution in [-0.4, -0.2) is 5.78 Å². The van der Waals surface area contributed by atoms with Gasteiger partial charge in [0.05, 0.1) is 0 Å². The first-order valence-electron chi connectivity index (χ1n) is 10.3. The van der Waals surface area contributed by atoms with Crippen LogP contribution in [0.5, 0.6) is 0 Å². The molecule has 1 N–H and O–H groups in total. The molecule has 0 bridgehead atoms. The van der Waals surface area contributed by atoms with Crippen LogP contribution in [0.4, 0.5) is 4.39 Å². The third-order valence-electron chi connectivity index (χ3n) is 5.61. The average Bonchev–Trinajstić information content (AvgIpc) is 3.43. The molecule has 0 amide bonds. The van der Waals surface area contributed by atoms with E-state index in [-0.39, 0.29) is 40.0 Å². The molecule has 1 aromatic rings. The summed E-state index contributed by atoms with van der Waals surface area (Å²) in [5, 5.41) is 3.47. The van der Waals surface area contributed by atoms with E-state index < -0.39 is 0 Å². The van der Waals surface area contributed by atoms with Crippen LogP contribution in [0.15, 0.2) is 41.6 Å². The minimum atomic E-state index is -0.248. The van der Waals surface area contributed by atoms with Gasteiger partial charge in [-0.2, -0.15) is 0 Å². The van der Waals surface area contributed by atoms with E-state index in [1.165, 1.54) is 12.1 Å². The van der Waals surface area contributed by atoms with Gasteiger partial charge in [-0.05, 0) is 93.2 Å². The van der Waals surface area contributed by atoms with Crippen molar-refractivity contribution in [1.29, 1.82) is 0 Å². The monoisotopic (exact) mass is 455 g/mol. The Labute approximate surface area is 197 Å². The van der Waals surface area contributed by atoms with E-state index in [1.54, 1.807) is 12.1 Å². The summed E-state index contributed by atoms with van der Waals surface area (Å²) in [7, 11) is 0. The molecule has 2 nitrogen and oxygen atoms in total. The number of hydrogen-bond acceptors (Lipinski definition) is 2. The van der Waals surface area contributed by atoms with E-state index in [0.717, 1.165) is 34.9 Å². The summed E-state index contributed by atoms with van der Waals surface area (Å²) in [5.41, 5.74) is 3.71. The second kappa shape index (κ2) is 10.5. The van der Waals surface area contributed by atoms with E-state index >= 15 is 0 Å². The summed E-state index contributed by atoms with van der Waals surface area (Å²) < 4.78 is 13.3. The number of dihydropyridines is 1. The molecule has 31 heavy (non-hydrogen) atoms. The van der Waals surface area contributed by atoms with Gasteiger partial charge in [-0.3, -0.25) is 4.79 Å². The van der Waals surface area contributed by atoms with Crippen molar-refractivity contribution in [1.82, 2.24) is 5.32 Å². The standard InChI is InChI=1S/C22H21FNO.C5H5.Fe/c1-22(2)12-19-21(20(25)13-22)17(14-5-3-4-6-14)11-18(24-19)15-7-9-16(23)10-8-15;1-2-4-5-3-1;/h3-11,17,24H,12-13H2,1-2H3;1-5H;/q;;+2. The molecule has 158 valence electrons. The maximum atomic E-state index is 13.3. The normalized spacial score (nSPS) is 25.1. The van der Waals surface area contributed by atoms with E-state index in [9.17, 15) is 9.18 Å². The van der Waals surface area contributed by atoms with Gasteiger partial charge in [0, 0.05) is 29.3 Å². The Balaban J connectivity index is 0.000000401. The molecule has 1 heterocycles. The summed E-state index contributed by atoms with van der Waals surface area (Å²) in [5.74, 6) is 1.05. The molecule has 3 aliphatic carbocycles. The van der Waals surface area contributed by atoms with Crippen LogP contribution in [0.3, 0.4) is 0 Å². The fourth-order valence-corrected chi connectivity index (χ4v) is 4.24. The molecular weight excluding hydrogens is 429 g/mol. The summed E-state index contributed by atoms with van der Waals surface area (Å²) >= 11 is 0. The van der Waals surface area contributed by atoms with Crippen molar-refractivity contribution in [3.05, 3.63) is 117 Å². The minimum absolute atomic E-state index is 0. The van der Waals surface area contributed by atoms with Crippen molar-refractivity contribution in [2.24, 2.45) is 11.3 Å².